The zero-order chi connectivity index (χ0) is 12.5. The van der Waals surface area contributed by atoms with Crippen molar-refractivity contribution in [3.8, 4) is 0 Å². The molecule has 0 heterocycles. The maximum absolute atomic E-state index is 11.9. The van der Waals surface area contributed by atoms with Gasteiger partial charge >= 0.3 is 0 Å². The Bertz CT molecular complexity index is 396. The van der Waals surface area contributed by atoms with E-state index in [2.05, 4.69) is 4.72 Å². The van der Waals surface area contributed by atoms with Gasteiger partial charge in [-0.15, -0.1) is 0 Å². The molecule has 2 fully saturated rings. The molecule has 2 rings (SSSR count). The third-order valence-corrected chi connectivity index (χ3v) is 5.22. The van der Waals surface area contributed by atoms with Gasteiger partial charge in [0.25, 0.3) is 0 Å². The molecule has 2 aliphatic rings. The fourth-order valence-corrected chi connectivity index (χ4v) is 4.14. The Hall–Kier alpha value is -0.650. The monoisotopic (exact) mass is 263 g/mol. The van der Waals surface area contributed by atoms with Crippen molar-refractivity contribution >= 4 is 15.9 Å². The fourth-order valence-electron chi connectivity index (χ4n) is 3.09. The van der Waals surface area contributed by atoms with Crippen LogP contribution in [0, 0.1) is 17.8 Å². The van der Waals surface area contributed by atoms with Crippen LogP contribution >= 0.6 is 0 Å². The van der Waals surface area contributed by atoms with Crippen LogP contribution in [0.4, 0.5) is 4.39 Å². The smallest absolute Gasteiger partial charge is 0.236 e. The quantitative estimate of drug-likeness (QED) is 0.811. The number of sulfonamides is 1. The molecular formula is C11H18FNO3S. The Morgan fingerprint density at radius 2 is 2.06 bits per heavy atom. The number of rotatable bonds is 5. The van der Waals surface area contributed by atoms with E-state index < -0.39 is 16.7 Å². The zero-order valence-corrected chi connectivity index (χ0v) is 10.5. The number of hydrogen-bond acceptors (Lipinski definition) is 3. The number of hydrogen-bond donors (Lipinski definition) is 1. The van der Waals surface area contributed by atoms with Gasteiger partial charge in [-0.25, -0.2) is 8.42 Å². The van der Waals surface area contributed by atoms with Gasteiger partial charge in [-0.05, 0) is 37.5 Å². The summed E-state index contributed by atoms with van der Waals surface area (Å²) in [5.41, 5.74) is 0. The first-order valence-electron chi connectivity index (χ1n) is 6.12. The van der Waals surface area contributed by atoms with Crippen LogP contribution in [-0.4, -0.2) is 26.8 Å². The minimum absolute atomic E-state index is 0.0562. The average Bonchev–Trinajstić information content (AvgIpc) is 2.87. The van der Waals surface area contributed by atoms with Crippen LogP contribution in [0.25, 0.3) is 0 Å². The summed E-state index contributed by atoms with van der Waals surface area (Å²) in [7, 11) is -3.64. The molecule has 1 amide bonds. The van der Waals surface area contributed by atoms with Crippen molar-refractivity contribution in [2.45, 2.75) is 32.1 Å². The molecule has 0 aromatic rings. The lowest BCUT2D eigenvalue weighted by molar-refractivity contribution is -0.124. The van der Waals surface area contributed by atoms with E-state index in [0.29, 0.717) is 11.8 Å². The summed E-state index contributed by atoms with van der Waals surface area (Å²) in [5, 5.41) is 0. The van der Waals surface area contributed by atoms with Crippen LogP contribution in [-0.2, 0) is 14.8 Å². The summed E-state index contributed by atoms with van der Waals surface area (Å²) in [6, 6.07) is 0. The van der Waals surface area contributed by atoms with Crippen LogP contribution in [0.3, 0.4) is 0 Å². The molecule has 6 heteroatoms. The van der Waals surface area contributed by atoms with E-state index in [9.17, 15) is 17.6 Å². The SMILES string of the molecule is O=C(NS(=O)(=O)CCCF)[C@H]1C[C@H]2CC[C@H]1C2. The highest BCUT2D eigenvalue weighted by atomic mass is 32.2. The fraction of sp³-hybridized carbons (Fsp3) is 0.909. The summed E-state index contributed by atoms with van der Waals surface area (Å²) >= 11 is 0. The first-order valence-corrected chi connectivity index (χ1v) is 7.77. The summed E-state index contributed by atoms with van der Waals surface area (Å²) in [6.45, 7) is -0.677. The molecule has 0 aromatic carbocycles. The number of carbonyl (C=O) groups excluding carboxylic acids is 1. The van der Waals surface area contributed by atoms with E-state index in [0.717, 1.165) is 19.3 Å². The summed E-state index contributed by atoms with van der Waals surface area (Å²) < 4.78 is 36.9. The van der Waals surface area contributed by atoms with Gasteiger partial charge in [-0.1, -0.05) is 6.42 Å². The molecule has 0 saturated heterocycles. The number of fused-ring (bicyclic) bond motifs is 2. The topological polar surface area (TPSA) is 63.2 Å². The first-order chi connectivity index (χ1) is 8.02. The predicted molar refractivity (Wildman–Crippen MR) is 61.5 cm³/mol. The first kappa shape index (κ1) is 12.8. The minimum atomic E-state index is -3.64. The van der Waals surface area contributed by atoms with Crippen LogP contribution in [0.2, 0.25) is 0 Å². The minimum Gasteiger partial charge on any atom is -0.274 e. The van der Waals surface area contributed by atoms with Crippen molar-refractivity contribution in [2.75, 3.05) is 12.4 Å². The Labute approximate surface area is 101 Å². The van der Waals surface area contributed by atoms with E-state index >= 15 is 0 Å². The van der Waals surface area contributed by atoms with Crippen LogP contribution < -0.4 is 4.72 Å². The number of carbonyl (C=O) groups is 1. The number of alkyl halides is 1. The van der Waals surface area contributed by atoms with Crippen molar-refractivity contribution in [3.63, 3.8) is 0 Å². The molecule has 0 unspecified atom stereocenters. The summed E-state index contributed by atoms with van der Waals surface area (Å²) in [5.74, 6) is 0.126. The van der Waals surface area contributed by atoms with Crippen molar-refractivity contribution < 1.29 is 17.6 Å². The van der Waals surface area contributed by atoms with E-state index in [4.69, 9.17) is 0 Å². The Kier molecular flexibility index (Phi) is 3.70. The van der Waals surface area contributed by atoms with Gasteiger partial charge in [-0.2, -0.15) is 0 Å². The largest absolute Gasteiger partial charge is 0.274 e. The Morgan fingerprint density at radius 1 is 1.29 bits per heavy atom. The zero-order valence-electron chi connectivity index (χ0n) is 9.69. The highest BCUT2D eigenvalue weighted by molar-refractivity contribution is 7.90. The number of amides is 1. The molecule has 2 aliphatic carbocycles. The lowest BCUT2D eigenvalue weighted by Crippen LogP contribution is -2.39. The van der Waals surface area contributed by atoms with Crippen LogP contribution in [0.5, 0.6) is 0 Å². The standard InChI is InChI=1S/C11H18FNO3S/c12-4-1-5-17(15,16)13-11(14)10-7-8-2-3-9(10)6-8/h8-10H,1-7H2,(H,13,14)/t8-,9-,10-/m0/s1. The third kappa shape index (κ3) is 2.97. The number of nitrogens with one attached hydrogen (secondary N) is 1. The van der Waals surface area contributed by atoms with Crippen molar-refractivity contribution in [1.29, 1.82) is 0 Å². The molecular weight excluding hydrogens is 245 g/mol. The molecule has 2 saturated carbocycles. The molecule has 1 N–H and O–H groups in total. The van der Waals surface area contributed by atoms with E-state index in [1.54, 1.807) is 0 Å². The number of halogens is 1. The van der Waals surface area contributed by atoms with Crippen LogP contribution in [0.1, 0.15) is 32.1 Å². The molecule has 0 aromatic heterocycles. The Morgan fingerprint density at radius 3 is 2.59 bits per heavy atom. The second kappa shape index (κ2) is 4.92. The highest BCUT2D eigenvalue weighted by Gasteiger charge is 2.43. The lowest BCUT2D eigenvalue weighted by Gasteiger charge is -2.20. The van der Waals surface area contributed by atoms with E-state index in [1.165, 1.54) is 6.42 Å². The summed E-state index contributed by atoms with van der Waals surface area (Å²) in [4.78, 5) is 11.8. The average molecular weight is 263 g/mol. The molecule has 4 nitrogen and oxygen atoms in total. The van der Waals surface area contributed by atoms with Gasteiger partial charge in [0, 0.05) is 5.92 Å². The van der Waals surface area contributed by atoms with Gasteiger partial charge < -0.3 is 0 Å². The third-order valence-electron chi connectivity index (χ3n) is 3.88. The molecule has 98 valence electrons. The second-order valence-electron chi connectivity index (χ2n) is 5.11. The molecule has 17 heavy (non-hydrogen) atoms. The highest BCUT2D eigenvalue weighted by Crippen LogP contribution is 2.48. The van der Waals surface area contributed by atoms with E-state index in [-0.39, 0.29) is 24.0 Å². The van der Waals surface area contributed by atoms with Crippen LogP contribution in [0.15, 0.2) is 0 Å². The van der Waals surface area contributed by atoms with E-state index in [1.807, 2.05) is 0 Å². The van der Waals surface area contributed by atoms with Gasteiger partial charge in [-0.3, -0.25) is 13.9 Å². The van der Waals surface area contributed by atoms with Crippen molar-refractivity contribution in [2.24, 2.45) is 17.8 Å². The maximum atomic E-state index is 11.9. The molecule has 0 aliphatic heterocycles. The molecule has 3 atom stereocenters. The lowest BCUT2D eigenvalue weighted by atomic mass is 9.88. The van der Waals surface area contributed by atoms with Gasteiger partial charge in [0.05, 0.1) is 12.4 Å². The molecule has 2 bridgehead atoms. The predicted octanol–water partition coefficient (Wildman–Crippen LogP) is 1.23. The maximum Gasteiger partial charge on any atom is 0.236 e. The van der Waals surface area contributed by atoms with Crippen molar-refractivity contribution in [1.82, 2.24) is 4.72 Å². The summed E-state index contributed by atoms with van der Waals surface area (Å²) in [6.07, 6.45) is 4.02. The van der Waals surface area contributed by atoms with Gasteiger partial charge in [0.2, 0.25) is 15.9 Å². The normalized spacial score (nSPS) is 31.7. The van der Waals surface area contributed by atoms with Gasteiger partial charge in [0.1, 0.15) is 0 Å². The van der Waals surface area contributed by atoms with Crippen molar-refractivity contribution in [3.05, 3.63) is 0 Å². The van der Waals surface area contributed by atoms with Gasteiger partial charge in [0.15, 0.2) is 0 Å². The molecule has 0 radical (unpaired) electrons. The second-order valence-corrected chi connectivity index (χ2v) is 6.95. The Balaban J connectivity index is 1.89. The molecule has 0 spiro atoms.